The van der Waals surface area contributed by atoms with Gasteiger partial charge in [0.2, 0.25) is 0 Å². The van der Waals surface area contributed by atoms with E-state index in [2.05, 4.69) is 12.6 Å². The number of para-hydroxylation sites is 1. The molecule has 0 aliphatic heterocycles. The Labute approximate surface area is 135 Å². The fourth-order valence-corrected chi connectivity index (χ4v) is 3.68. The summed E-state index contributed by atoms with van der Waals surface area (Å²) in [6.07, 6.45) is 0.871. The molecule has 0 saturated carbocycles. The van der Waals surface area contributed by atoms with Crippen molar-refractivity contribution in [2.75, 3.05) is 19.8 Å². The van der Waals surface area contributed by atoms with Gasteiger partial charge in [-0.15, -0.1) is 0 Å². The lowest BCUT2D eigenvalue weighted by Gasteiger charge is -2.15. The van der Waals surface area contributed by atoms with E-state index in [1.807, 2.05) is 26.0 Å². The van der Waals surface area contributed by atoms with Gasteiger partial charge in [-0.1, -0.05) is 24.8 Å². The molecule has 122 valence electrons. The molecular weight excluding hydrogens is 296 g/mol. The lowest BCUT2D eigenvalue weighted by Crippen LogP contribution is -2.19. The summed E-state index contributed by atoms with van der Waals surface area (Å²) in [6, 6.07) is 7.12. The second-order valence-electron chi connectivity index (χ2n) is 4.98. The zero-order chi connectivity index (χ0) is 16.4. The maximum atomic E-state index is 11.3. The molecule has 0 heterocycles. The van der Waals surface area contributed by atoms with Crippen molar-refractivity contribution in [1.82, 2.24) is 0 Å². The molecule has 4 nitrogen and oxygen atoms in total. The van der Waals surface area contributed by atoms with Gasteiger partial charge in [-0.3, -0.25) is 0 Å². The quantitative estimate of drug-likeness (QED) is 0.287. The third-order valence-corrected chi connectivity index (χ3v) is 5.02. The van der Waals surface area contributed by atoms with Crippen LogP contribution in [0.25, 0.3) is 0 Å². The first-order valence-electron chi connectivity index (χ1n) is 7.80. The van der Waals surface area contributed by atoms with Gasteiger partial charge in [-0.25, -0.2) is 4.79 Å². The Hall–Kier alpha value is -1.75. The molecule has 0 atom stereocenters. The minimum atomic E-state index is -0.482. The predicted octanol–water partition coefficient (Wildman–Crippen LogP) is 2.21. The predicted molar refractivity (Wildman–Crippen MR) is 92.2 cm³/mol. The molecule has 0 fully saturated rings. The van der Waals surface area contributed by atoms with Crippen LogP contribution in [0.5, 0.6) is 11.5 Å². The van der Waals surface area contributed by atoms with Crippen LogP contribution < -0.4 is 14.7 Å². The number of hydrogen-bond acceptors (Lipinski definition) is 4. The van der Waals surface area contributed by atoms with Gasteiger partial charge < -0.3 is 14.2 Å². The van der Waals surface area contributed by atoms with Crippen LogP contribution in [0.2, 0.25) is 6.04 Å². The van der Waals surface area contributed by atoms with Crippen molar-refractivity contribution in [1.29, 1.82) is 0 Å². The van der Waals surface area contributed by atoms with E-state index in [0.29, 0.717) is 25.4 Å². The lowest BCUT2D eigenvalue weighted by atomic mass is 10.3. The van der Waals surface area contributed by atoms with E-state index in [9.17, 15) is 4.79 Å². The third-order valence-electron chi connectivity index (χ3n) is 3.07. The van der Waals surface area contributed by atoms with Crippen molar-refractivity contribution in [2.24, 2.45) is 0 Å². The topological polar surface area (TPSA) is 44.8 Å². The van der Waals surface area contributed by atoms with Gasteiger partial charge in [0.05, 0.1) is 29.3 Å². The molecule has 0 saturated heterocycles. The first kappa shape index (κ1) is 18.3. The van der Waals surface area contributed by atoms with Crippen LogP contribution in [-0.4, -0.2) is 35.3 Å². The van der Waals surface area contributed by atoms with Gasteiger partial charge >= 0.3 is 5.97 Å². The average molecular weight is 322 g/mol. The fraction of sp³-hybridized carbons (Fsp3) is 0.471. The normalized spacial score (nSPS) is 10.7. The molecule has 0 aliphatic rings. The second kappa shape index (κ2) is 10.1. The average Bonchev–Trinajstić information content (AvgIpc) is 2.49. The Kier molecular flexibility index (Phi) is 8.36. The fourth-order valence-electron chi connectivity index (χ4n) is 2.04. The highest BCUT2D eigenvalue weighted by Gasteiger charge is 2.11. The van der Waals surface area contributed by atoms with Crippen LogP contribution in [0.4, 0.5) is 0 Å². The van der Waals surface area contributed by atoms with Crippen LogP contribution >= 0.6 is 0 Å². The molecular formula is C17H26O4Si. The van der Waals surface area contributed by atoms with E-state index < -0.39 is 9.52 Å². The van der Waals surface area contributed by atoms with E-state index in [1.165, 1.54) is 5.19 Å². The number of esters is 1. The molecule has 1 aromatic carbocycles. The van der Waals surface area contributed by atoms with Gasteiger partial charge in [-0.2, -0.15) is 0 Å². The van der Waals surface area contributed by atoms with E-state index in [4.69, 9.17) is 14.2 Å². The van der Waals surface area contributed by atoms with Crippen molar-refractivity contribution >= 4 is 20.7 Å². The number of hydrogen-bond donors (Lipinski definition) is 0. The molecule has 0 bridgehead atoms. The molecule has 0 amide bonds. The Balaban J connectivity index is 2.52. The first-order valence-corrected chi connectivity index (χ1v) is 9.50. The van der Waals surface area contributed by atoms with Crippen molar-refractivity contribution < 1.29 is 19.0 Å². The molecule has 0 aromatic heterocycles. The minimum absolute atomic E-state index is 0.310. The Bertz CT molecular complexity index is 499. The smallest absolute Gasteiger partial charge is 0.333 e. The van der Waals surface area contributed by atoms with Crippen molar-refractivity contribution in [3.8, 4) is 11.5 Å². The summed E-state index contributed by atoms with van der Waals surface area (Å²) in [7, 11) is -0.482. The minimum Gasteiger partial charge on any atom is -0.490 e. The monoisotopic (exact) mass is 322 g/mol. The van der Waals surface area contributed by atoms with Crippen LogP contribution in [-0.2, 0) is 9.53 Å². The van der Waals surface area contributed by atoms with E-state index in [-0.39, 0.29) is 5.97 Å². The molecule has 0 aliphatic carbocycles. The second-order valence-corrected chi connectivity index (χ2v) is 6.95. The summed E-state index contributed by atoms with van der Waals surface area (Å²) in [4.78, 5) is 11.3. The molecule has 22 heavy (non-hydrogen) atoms. The zero-order valence-electron chi connectivity index (χ0n) is 13.8. The number of ether oxygens (including phenoxy) is 3. The largest absolute Gasteiger partial charge is 0.490 e. The standard InChI is InChI=1S/C17H26O4Si/c1-5-19-14-9-7-10-15(16(14)20-6-2)22-12-8-11-21-17(18)13(3)4/h7,9-10H,3,5-6,8,11-12,22H2,1-2,4H3. The molecule has 0 spiro atoms. The van der Waals surface area contributed by atoms with Crippen molar-refractivity contribution in [2.45, 2.75) is 33.2 Å². The highest BCUT2D eigenvalue weighted by molar-refractivity contribution is 6.54. The Morgan fingerprint density at radius 3 is 2.59 bits per heavy atom. The van der Waals surface area contributed by atoms with Gasteiger partial charge in [0.1, 0.15) is 0 Å². The van der Waals surface area contributed by atoms with E-state index in [1.54, 1.807) is 6.92 Å². The van der Waals surface area contributed by atoms with Crippen LogP contribution in [0, 0.1) is 0 Å². The van der Waals surface area contributed by atoms with E-state index in [0.717, 1.165) is 24.0 Å². The summed E-state index contributed by atoms with van der Waals surface area (Å²) >= 11 is 0. The van der Waals surface area contributed by atoms with Gasteiger partial charge in [-0.05, 0) is 38.4 Å². The van der Waals surface area contributed by atoms with Crippen molar-refractivity contribution in [3.63, 3.8) is 0 Å². The molecule has 1 rings (SSSR count). The van der Waals surface area contributed by atoms with Crippen LogP contribution in [0.15, 0.2) is 30.4 Å². The molecule has 0 N–H and O–H groups in total. The number of benzene rings is 1. The van der Waals surface area contributed by atoms with Crippen molar-refractivity contribution in [3.05, 3.63) is 30.4 Å². The Morgan fingerprint density at radius 1 is 1.23 bits per heavy atom. The summed E-state index contributed by atoms with van der Waals surface area (Å²) in [6.45, 7) is 10.9. The van der Waals surface area contributed by atoms with Crippen LogP contribution in [0.1, 0.15) is 27.2 Å². The summed E-state index contributed by atoms with van der Waals surface area (Å²) < 4.78 is 16.5. The highest BCUT2D eigenvalue weighted by Crippen LogP contribution is 2.24. The number of rotatable bonds is 10. The molecule has 0 radical (unpaired) electrons. The molecule has 5 heteroatoms. The summed E-state index contributed by atoms with van der Waals surface area (Å²) in [5.41, 5.74) is 0.445. The molecule has 0 unspecified atom stereocenters. The summed E-state index contributed by atoms with van der Waals surface area (Å²) in [5, 5.41) is 1.26. The SMILES string of the molecule is C=C(C)C(=O)OCCC[SiH2]c1cccc(OCC)c1OCC. The number of carbonyl (C=O) groups excluding carboxylic acids is 1. The van der Waals surface area contributed by atoms with Crippen LogP contribution in [0.3, 0.4) is 0 Å². The maximum Gasteiger partial charge on any atom is 0.333 e. The highest BCUT2D eigenvalue weighted by atomic mass is 28.2. The third kappa shape index (κ3) is 5.93. The lowest BCUT2D eigenvalue weighted by molar-refractivity contribution is -0.138. The maximum absolute atomic E-state index is 11.3. The van der Waals surface area contributed by atoms with Gasteiger partial charge in [0.15, 0.2) is 11.5 Å². The zero-order valence-corrected chi connectivity index (χ0v) is 15.2. The van der Waals surface area contributed by atoms with Gasteiger partial charge in [0, 0.05) is 5.57 Å². The Morgan fingerprint density at radius 2 is 1.95 bits per heavy atom. The van der Waals surface area contributed by atoms with Gasteiger partial charge in [0.25, 0.3) is 0 Å². The molecule has 1 aromatic rings. The first-order chi connectivity index (χ1) is 10.6. The van der Waals surface area contributed by atoms with E-state index >= 15 is 0 Å². The number of carbonyl (C=O) groups is 1. The summed E-state index contributed by atoms with van der Waals surface area (Å²) in [5.74, 6) is 1.40.